The van der Waals surface area contributed by atoms with Crippen LogP contribution in [0, 0.1) is 11.3 Å². The Balaban J connectivity index is 1.71. The van der Waals surface area contributed by atoms with Gasteiger partial charge in [-0.05, 0) is 50.0 Å². The van der Waals surface area contributed by atoms with Crippen molar-refractivity contribution >= 4 is 0 Å². The zero-order valence-electron chi connectivity index (χ0n) is 11.0. The van der Waals surface area contributed by atoms with E-state index in [1.807, 2.05) is 0 Å². The Bertz CT molecular complexity index is 209. The predicted molar refractivity (Wildman–Crippen MR) is 69.6 cm³/mol. The lowest BCUT2D eigenvalue weighted by atomic mass is 9.78. The summed E-state index contributed by atoms with van der Waals surface area (Å²) in [6, 6.07) is 0.852. The maximum atomic E-state index is 3.81. The second kappa shape index (κ2) is 5.50. The van der Waals surface area contributed by atoms with E-state index in [2.05, 4.69) is 24.5 Å². The van der Waals surface area contributed by atoms with E-state index >= 15 is 0 Å². The molecular formula is C14H28N2. The van der Waals surface area contributed by atoms with Gasteiger partial charge >= 0.3 is 0 Å². The number of hydrogen-bond acceptors (Lipinski definition) is 2. The van der Waals surface area contributed by atoms with E-state index < -0.39 is 0 Å². The standard InChI is InChI=1S/C14H28N2/c1-3-6-12-9-13(12)16-11-14(4-2)7-5-8-15-10-14/h12-13,15-16H,3-11H2,1-2H3. The van der Waals surface area contributed by atoms with E-state index in [9.17, 15) is 0 Å². The fourth-order valence-corrected chi connectivity index (χ4v) is 3.14. The summed E-state index contributed by atoms with van der Waals surface area (Å²) in [7, 11) is 0. The van der Waals surface area contributed by atoms with Crippen LogP contribution in [0.25, 0.3) is 0 Å². The normalized spacial score (nSPS) is 38.6. The zero-order chi connectivity index (χ0) is 11.4. The van der Waals surface area contributed by atoms with Crippen LogP contribution in [-0.4, -0.2) is 25.7 Å². The first kappa shape index (κ1) is 12.4. The van der Waals surface area contributed by atoms with Crippen LogP contribution in [0.5, 0.6) is 0 Å². The SMILES string of the molecule is CCCC1CC1NCC1(CC)CCCNC1. The van der Waals surface area contributed by atoms with E-state index in [4.69, 9.17) is 0 Å². The smallest absolute Gasteiger partial charge is 0.00993 e. The molecule has 1 heterocycles. The number of hydrogen-bond donors (Lipinski definition) is 2. The molecule has 0 aromatic rings. The Morgan fingerprint density at radius 2 is 2.25 bits per heavy atom. The van der Waals surface area contributed by atoms with Crippen molar-refractivity contribution in [2.24, 2.45) is 11.3 Å². The summed E-state index contributed by atoms with van der Waals surface area (Å²) in [6.45, 7) is 8.34. The predicted octanol–water partition coefficient (Wildman–Crippen LogP) is 2.54. The van der Waals surface area contributed by atoms with Crippen molar-refractivity contribution in [3.8, 4) is 0 Å². The summed E-state index contributed by atoms with van der Waals surface area (Å²) in [4.78, 5) is 0. The summed E-state index contributed by atoms with van der Waals surface area (Å²) in [6.07, 6.45) is 8.30. The molecule has 2 nitrogen and oxygen atoms in total. The maximum absolute atomic E-state index is 3.81. The molecule has 0 aromatic carbocycles. The maximum Gasteiger partial charge on any atom is 0.00993 e. The molecule has 0 spiro atoms. The van der Waals surface area contributed by atoms with Crippen LogP contribution in [-0.2, 0) is 0 Å². The molecule has 94 valence electrons. The lowest BCUT2D eigenvalue weighted by Crippen LogP contribution is -2.46. The lowest BCUT2D eigenvalue weighted by Gasteiger charge is -2.37. The van der Waals surface area contributed by atoms with E-state index in [0.717, 1.165) is 12.0 Å². The molecule has 2 fully saturated rings. The van der Waals surface area contributed by atoms with Crippen LogP contribution in [0.4, 0.5) is 0 Å². The third-order valence-electron chi connectivity index (χ3n) is 4.63. The molecule has 2 rings (SSSR count). The largest absolute Gasteiger partial charge is 0.316 e. The Morgan fingerprint density at radius 3 is 2.88 bits per heavy atom. The second-order valence-electron chi connectivity index (χ2n) is 5.91. The molecule has 2 N–H and O–H groups in total. The highest BCUT2D eigenvalue weighted by Gasteiger charge is 2.38. The van der Waals surface area contributed by atoms with Gasteiger partial charge in [0.2, 0.25) is 0 Å². The van der Waals surface area contributed by atoms with Gasteiger partial charge in [-0.25, -0.2) is 0 Å². The van der Waals surface area contributed by atoms with Crippen molar-refractivity contribution in [2.75, 3.05) is 19.6 Å². The molecule has 2 heteroatoms. The van der Waals surface area contributed by atoms with Crippen LogP contribution in [0.1, 0.15) is 52.4 Å². The van der Waals surface area contributed by atoms with Crippen LogP contribution < -0.4 is 10.6 Å². The van der Waals surface area contributed by atoms with Gasteiger partial charge in [0.25, 0.3) is 0 Å². The van der Waals surface area contributed by atoms with Crippen LogP contribution in [0.3, 0.4) is 0 Å². The average Bonchev–Trinajstić information content (AvgIpc) is 3.07. The van der Waals surface area contributed by atoms with E-state index in [0.29, 0.717) is 5.41 Å². The van der Waals surface area contributed by atoms with Crippen molar-refractivity contribution in [1.29, 1.82) is 0 Å². The first-order valence-corrected chi connectivity index (χ1v) is 7.24. The topological polar surface area (TPSA) is 24.1 Å². The molecule has 3 unspecified atom stereocenters. The first-order valence-electron chi connectivity index (χ1n) is 7.24. The van der Waals surface area contributed by atoms with Gasteiger partial charge in [-0.2, -0.15) is 0 Å². The van der Waals surface area contributed by atoms with Gasteiger partial charge in [0, 0.05) is 19.1 Å². The molecule has 3 atom stereocenters. The summed E-state index contributed by atoms with van der Waals surface area (Å²) in [5, 5.41) is 7.38. The van der Waals surface area contributed by atoms with Gasteiger partial charge in [-0.1, -0.05) is 20.3 Å². The minimum absolute atomic E-state index is 0.553. The van der Waals surface area contributed by atoms with Crippen molar-refractivity contribution in [2.45, 2.75) is 58.4 Å². The van der Waals surface area contributed by atoms with Gasteiger partial charge < -0.3 is 10.6 Å². The molecule has 1 aliphatic heterocycles. The molecule has 1 saturated carbocycles. The van der Waals surface area contributed by atoms with Crippen molar-refractivity contribution in [3.63, 3.8) is 0 Å². The number of piperidine rings is 1. The molecule has 0 aromatic heterocycles. The molecule has 1 aliphatic carbocycles. The van der Waals surface area contributed by atoms with Crippen LogP contribution in [0.2, 0.25) is 0 Å². The van der Waals surface area contributed by atoms with Crippen molar-refractivity contribution in [1.82, 2.24) is 10.6 Å². The fourth-order valence-electron chi connectivity index (χ4n) is 3.14. The third kappa shape index (κ3) is 2.98. The van der Waals surface area contributed by atoms with Gasteiger partial charge in [0.05, 0.1) is 0 Å². The molecule has 0 amide bonds. The van der Waals surface area contributed by atoms with Crippen molar-refractivity contribution in [3.05, 3.63) is 0 Å². The highest BCUT2D eigenvalue weighted by Crippen LogP contribution is 2.36. The summed E-state index contributed by atoms with van der Waals surface area (Å²) in [5.41, 5.74) is 0.553. The summed E-state index contributed by atoms with van der Waals surface area (Å²) in [5.74, 6) is 0.996. The lowest BCUT2D eigenvalue weighted by molar-refractivity contribution is 0.191. The van der Waals surface area contributed by atoms with E-state index in [-0.39, 0.29) is 0 Å². The first-order chi connectivity index (χ1) is 7.79. The van der Waals surface area contributed by atoms with E-state index in [1.54, 1.807) is 0 Å². The van der Waals surface area contributed by atoms with Gasteiger partial charge in [-0.15, -0.1) is 0 Å². The minimum atomic E-state index is 0.553. The molecule has 0 radical (unpaired) electrons. The van der Waals surface area contributed by atoms with Crippen molar-refractivity contribution < 1.29 is 0 Å². The Morgan fingerprint density at radius 1 is 1.38 bits per heavy atom. The number of rotatable bonds is 6. The molecular weight excluding hydrogens is 196 g/mol. The average molecular weight is 224 g/mol. The second-order valence-corrected chi connectivity index (χ2v) is 5.91. The third-order valence-corrected chi connectivity index (χ3v) is 4.63. The highest BCUT2D eigenvalue weighted by atomic mass is 15.0. The highest BCUT2D eigenvalue weighted by molar-refractivity contribution is 4.95. The van der Waals surface area contributed by atoms with Crippen LogP contribution >= 0.6 is 0 Å². The number of nitrogens with one attached hydrogen (secondary N) is 2. The monoisotopic (exact) mass is 224 g/mol. The zero-order valence-corrected chi connectivity index (χ0v) is 11.0. The fraction of sp³-hybridized carbons (Fsp3) is 1.00. The Kier molecular flexibility index (Phi) is 4.26. The van der Waals surface area contributed by atoms with Gasteiger partial charge in [-0.3, -0.25) is 0 Å². The Hall–Kier alpha value is -0.0800. The molecule has 16 heavy (non-hydrogen) atoms. The van der Waals surface area contributed by atoms with Gasteiger partial charge in [0.15, 0.2) is 0 Å². The minimum Gasteiger partial charge on any atom is -0.316 e. The molecule has 1 saturated heterocycles. The quantitative estimate of drug-likeness (QED) is 0.724. The van der Waals surface area contributed by atoms with Gasteiger partial charge in [0.1, 0.15) is 0 Å². The van der Waals surface area contributed by atoms with Crippen LogP contribution in [0.15, 0.2) is 0 Å². The molecule has 2 aliphatic rings. The summed E-state index contributed by atoms with van der Waals surface area (Å²) >= 11 is 0. The molecule has 0 bridgehead atoms. The Labute approximate surface area is 101 Å². The van der Waals surface area contributed by atoms with E-state index in [1.165, 1.54) is 58.2 Å². The summed E-state index contributed by atoms with van der Waals surface area (Å²) < 4.78 is 0.